The lowest BCUT2D eigenvalue weighted by atomic mass is 9.90. The minimum Gasteiger partial charge on any atom is -0.497 e. The fourth-order valence-electron chi connectivity index (χ4n) is 2.82. The normalized spacial score (nSPS) is 18.3. The molecule has 1 aromatic carbocycles. The number of ether oxygens (including phenoxy) is 2. The third-order valence-electron chi connectivity index (χ3n) is 3.89. The van der Waals surface area contributed by atoms with Crippen LogP contribution in [0.15, 0.2) is 22.5 Å². The van der Waals surface area contributed by atoms with Crippen LogP contribution in [0.25, 0.3) is 0 Å². The molecule has 1 atom stereocenters. The summed E-state index contributed by atoms with van der Waals surface area (Å²) in [5.74, 6) is 0.844. The first-order valence-corrected chi connectivity index (χ1v) is 10.4. The minimum atomic E-state index is -3.94. The molecule has 2 aromatic rings. The molecule has 1 aromatic heterocycles. The second-order valence-electron chi connectivity index (χ2n) is 6.70. The zero-order valence-electron chi connectivity index (χ0n) is 15.3. The second kappa shape index (κ2) is 7.06. The smallest absolute Gasteiger partial charge is 0.270 e. The van der Waals surface area contributed by atoms with Gasteiger partial charge >= 0.3 is 0 Å². The van der Waals surface area contributed by atoms with Gasteiger partial charge in [-0.15, -0.1) is 10.2 Å². The van der Waals surface area contributed by atoms with E-state index < -0.39 is 21.7 Å². The van der Waals surface area contributed by atoms with Crippen LogP contribution in [0, 0.1) is 0 Å². The Morgan fingerprint density at radius 3 is 2.78 bits per heavy atom. The van der Waals surface area contributed by atoms with Crippen molar-refractivity contribution in [2.75, 3.05) is 12.4 Å². The monoisotopic (exact) mass is 412 g/mol. The number of anilines is 1. The first-order chi connectivity index (χ1) is 12.6. The number of sulfonamides is 1. The van der Waals surface area contributed by atoms with Crippen LogP contribution in [-0.2, 0) is 14.8 Å². The van der Waals surface area contributed by atoms with Gasteiger partial charge in [0.25, 0.3) is 10.0 Å². The molecule has 0 fully saturated rings. The van der Waals surface area contributed by atoms with Crippen LogP contribution in [0.3, 0.4) is 0 Å². The summed E-state index contributed by atoms with van der Waals surface area (Å²) in [5.41, 5.74) is 0.126. The Morgan fingerprint density at radius 2 is 2.11 bits per heavy atom. The predicted octanol–water partition coefficient (Wildman–Crippen LogP) is 2.09. The summed E-state index contributed by atoms with van der Waals surface area (Å²) in [6, 6.07) is 4.74. The van der Waals surface area contributed by atoms with Crippen molar-refractivity contribution in [3.05, 3.63) is 23.8 Å². The molecule has 0 aliphatic carbocycles. The number of hydrogen-bond acceptors (Lipinski definition) is 8. The lowest BCUT2D eigenvalue weighted by Crippen LogP contribution is -2.41. The van der Waals surface area contributed by atoms with Gasteiger partial charge in [0.15, 0.2) is 0 Å². The maximum absolute atomic E-state index is 12.8. The van der Waals surface area contributed by atoms with Crippen molar-refractivity contribution in [3.8, 4) is 11.5 Å². The highest BCUT2D eigenvalue weighted by Crippen LogP contribution is 2.41. The Kier molecular flexibility index (Phi) is 5.10. The predicted molar refractivity (Wildman–Crippen MR) is 99.6 cm³/mol. The molecule has 3 rings (SSSR count). The molecule has 146 valence electrons. The van der Waals surface area contributed by atoms with Crippen LogP contribution < -0.4 is 19.5 Å². The Labute approximate surface area is 161 Å². The van der Waals surface area contributed by atoms with Gasteiger partial charge in [0.05, 0.1) is 13.2 Å². The van der Waals surface area contributed by atoms with Gasteiger partial charge in [-0.25, -0.2) is 13.1 Å². The van der Waals surface area contributed by atoms with Gasteiger partial charge in [-0.1, -0.05) is 11.3 Å². The number of carbonyl (C=O) groups is 1. The van der Waals surface area contributed by atoms with E-state index in [-0.39, 0.29) is 15.4 Å². The molecule has 2 heterocycles. The van der Waals surface area contributed by atoms with Gasteiger partial charge in [-0.05, 0) is 32.0 Å². The van der Waals surface area contributed by atoms with Crippen molar-refractivity contribution < 1.29 is 22.7 Å². The number of hydrogen-bond donors (Lipinski definition) is 2. The van der Waals surface area contributed by atoms with Gasteiger partial charge in [-0.2, -0.15) is 0 Å². The van der Waals surface area contributed by atoms with Crippen LogP contribution >= 0.6 is 11.3 Å². The number of fused-ring (bicyclic) bond motifs is 1. The largest absolute Gasteiger partial charge is 0.497 e. The molecule has 1 aliphatic heterocycles. The number of benzene rings is 1. The third kappa shape index (κ3) is 4.37. The van der Waals surface area contributed by atoms with Crippen molar-refractivity contribution in [2.45, 2.75) is 43.2 Å². The number of rotatable bonds is 5. The van der Waals surface area contributed by atoms with E-state index in [9.17, 15) is 13.2 Å². The number of nitrogens with one attached hydrogen (secondary N) is 2. The molecule has 9 nitrogen and oxygen atoms in total. The lowest BCUT2D eigenvalue weighted by molar-refractivity contribution is -0.114. The second-order valence-corrected chi connectivity index (χ2v) is 9.56. The van der Waals surface area contributed by atoms with Crippen molar-refractivity contribution >= 4 is 32.4 Å². The highest BCUT2D eigenvalue weighted by Gasteiger charge is 2.37. The van der Waals surface area contributed by atoms with Gasteiger partial charge in [0.1, 0.15) is 17.1 Å². The fourth-order valence-corrected chi connectivity index (χ4v) is 5.00. The van der Waals surface area contributed by atoms with E-state index in [4.69, 9.17) is 9.47 Å². The van der Waals surface area contributed by atoms with E-state index in [1.54, 1.807) is 25.3 Å². The molecule has 11 heteroatoms. The van der Waals surface area contributed by atoms with E-state index in [0.717, 1.165) is 11.3 Å². The molecule has 0 radical (unpaired) electrons. The molecule has 0 bridgehead atoms. The topological polar surface area (TPSA) is 120 Å². The van der Waals surface area contributed by atoms with Crippen molar-refractivity contribution in [1.29, 1.82) is 0 Å². The molecular weight excluding hydrogens is 392 g/mol. The Balaban J connectivity index is 1.92. The number of amides is 1. The van der Waals surface area contributed by atoms with Crippen LogP contribution in [0.1, 0.15) is 38.8 Å². The first kappa shape index (κ1) is 19.5. The molecule has 0 saturated heterocycles. The summed E-state index contributed by atoms with van der Waals surface area (Å²) in [4.78, 5) is 11.1. The molecule has 1 aliphatic rings. The number of nitrogens with zero attached hydrogens (tertiary/aromatic N) is 2. The van der Waals surface area contributed by atoms with E-state index >= 15 is 0 Å². The Morgan fingerprint density at radius 1 is 1.37 bits per heavy atom. The molecular formula is C16H20N4O5S2. The van der Waals surface area contributed by atoms with Crippen molar-refractivity contribution in [1.82, 2.24) is 14.9 Å². The van der Waals surface area contributed by atoms with Gasteiger partial charge in [0.2, 0.25) is 15.4 Å². The van der Waals surface area contributed by atoms with Crippen molar-refractivity contribution in [2.24, 2.45) is 0 Å². The summed E-state index contributed by atoms with van der Waals surface area (Å²) in [6.07, 6.45) is 0.420. The van der Waals surface area contributed by atoms with Crippen LogP contribution in [0.2, 0.25) is 0 Å². The summed E-state index contributed by atoms with van der Waals surface area (Å²) < 4.78 is 39.2. The van der Waals surface area contributed by atoms with Gasteiger partial charge < -0.3 is 14.8 Å². The number of aromatic nitrogens is 2. The molecule has 0 unspecified atom stereocenters. The first-order valence-electron chi connectivity index (χ1n) is 8.10. The quantitative estimate of drug-likeness (QED) is 0.722. The molecule has 0 spiro atoms. The maximum Gasteiger partial charge on any atom is 0.270 e. The van der Waals surface area contributed by atoms with Gasteiger partial charge in [0, 0.05) is 18.9 Å². The molecule has 2 N–H and O–H groups in total. The Bertz CT molecular complexity index is 971. The van der Waals surface area contributed by atoms with Gasteiger partial charge in [-0.3, -0.25) is 4.79 Å². The van der Waals surface area contributed by atoms with Crippen LogP contribution in [0.4, 0.5) is 5.13 Å². The average molecular weight is 412 g/mol. The highest BCUT2D eigenvalue weighted by atomic mass is 32.2. The number of carbonyl (C=O) groups excluding carboxylic acids is 1. The Hall–Kier alpha value is -2.24. The minimum absolute atomic E-state index is 0.122. The standard InChI is InChI=1S/C16H20N4O5S2/c1-9(21)17-14-18-19-15(26-14)27(22,23)20-12-8-16(2,3)25-13-6-5-10(24-4)7-11(12)13/h5-7,12,20H,8H2,1-4H3,(H,17,18,21)/t12-/m1/s1. The van der Waals surface area contributed by atoms with Crippen LogP contribution in [0.5, 0.6) is 11.5 Å². The third-order valence-corrected chi connectivity index (χ3v) is 6.57. The maximum atomic E-state index is 12.8. The molecule has 27 heavy (non-hydrogen) atoms. The van der Waals surface area contributed by atoms with Crippen LogP contribution in [-0.4, -0.2) is 37.2 Å². The summed E-state index contributed by atoms with van der Waals surface area (Å²) in [7, 11) is -2.40. The lowest BCUT2D eigenvalue weighted by Gasteiger charge is -2.37. The average Bonchev–Trinajstić information content (AvgIpc) is 3.02. The molecule has 1 amide bonds. The summed E-state index contributed by atoms with van der Waals surface area (Å²) in [6.45, 7) is 5.09. The SMILES string of the molecule is COc1ccc2c(c1)[C@H](NS(=O)(=O)c1nnc(NC(C)=O)s1)CC(C)(C)O2. The number of methoxy groups -OCH3 is 1. The fraction of sp³-hybridized carbons (Fsp3) is 0.438. The van der Waals surface area contributed by atoms with E-state index in [0.29, 0.717) is 23.5 Å². The highest BCUT2D eigenvalue weighted by molar-refractivity contribution is 7.91. The zero-order valence-corrected chi connectivity index (χ0v) is 16.9. The van der Waals surface area contributed by atoms with E-state index in [2.05, 4.69) is 20.2 Å². The van der Waals surface area contributed by atoms with Crippen molar-refractivity contribution in [3.63, 3.8) is 0 Å². The summed E-state index contributed by atoms with van der Waals surface area (Å²) >= 11 is 0.785. The van der Waals surface area contributed by atoms with E-state index in [1.807, 2.05) is 13.8 Å². The molecule has 0 saturated carbocycles. The zero-order chi connectivity index (χ0) is 19.8. The van der Waals surface area contributed by atoms with E-state index in [1.165, 1.54) is 6.92 Å². The summed E-state index contributed by atoms with van der Waals surface area (Å²) in [5, 5.41) is 9.91.